The average molecular weight is 653 g/mol. The van der Waals surface area contributed by atoms with Crippen molar-refractivity contribution in [3.05, 3.63) is 170 Å². The van der Waals surface area contributed by atoms with Gasteiger partial charge in [0.15, 0.2) is 0 Å². The maximum atomic E-state index is 6.86. The number of furan rings is 1. The topological polar surface area (TPSA) is 13.1 Å². The van der Waals surface area contributed by atoms with Crippen LogP contribution in [0.25, 0.3) is 108 Å². The summed E-state index contributed by atoms with van der Waals surface area (Å²) in [4.78, 5) is 0. The normalized spacial score (nSPS) is 12.0. The molecule has 11 aromatic rings. The first-order chi connectivity index (χ1) is 24.8. The molecular formula is C48H28OS. The van der Waals surface area contributed by atoms with Crippen molar-refractivity contribution in [1.82, 2.24) is 0 Å². The summed E-state index contributed by atoms with van der Waals surface area (Å²) in [6, 6.07) is 61.9. The van der Waals surface area contributed by atoms with Crippen molar-refractivity contribution in [2.24, 2.45) is 0 Å². The largest absolute Gasteiger partial charge is 0.455 e. The summed E-state index contributed by atoms with van der Waals surface area (Å²) < 4.78 is 9.41. The monoisotopic (exact) mass is 652 g/mol. The van der Waals surface area contributed by atoms with Gasteiger partial charge in [-0.25, -0.2) is 0 Å². The molecule has 50 heavy (non-hydrogen) atoms. The lowest BCUT2D eigenvalue weighted by Gasteiger charge is -2.19. The number of rotatable bonds is 3. The van der Waals surface area contributed by atoms with Gasteiger partial charge in [0.2, 0.25) is 0 Å². The van der Waals surface area contributed by atoms with Crippen molar-refractivity contribution in [3.8, 4) is 33.4 Å². The first kappa shape index (κ1) is 27.7. The molecule has 0 saturated heterocycles. The molecule has 2 heterocycles. The lowest BCUT2D eigenvalue weighted by atomic mass is 9.84. The van der Waals surface area contributed by atoms with Crippen LogP contribution in [0, 0.1) is 0 Å². The number of hydrogen-bond donors (Lipinski definition) is 0. The molecule has 0 amide bonds. The maximum absolute atomic E-state index is 6.86. The Morgan fingerprint density at radius 3 is 1.72 bits per heavy atom. The molecular weight excluding hydrogens is 625 g/mol. The second-order valence-electron chi connectivity index (χ2n) is 13.2. The van der Waals surface area contributed by atoms with Crippen LogP contribution in [0.5, 0.6) is 0 Å². The van der Waals surface area contributed by atoms with Crippen LogP contribution < -0.4 is 0 Å². The van der Waals surface area contributed by atoms with Gasteiger partial charge in [-0.15, -0.1) is 11.3 Å². The highest BCUT2D eigenvalue weighted by atomic mass is 32.1. The van der Waals surface area contributed by atoms with E-state index >= 15 is 0 Å². The number of thiophene rings is 1. The fourth-order valence-electron chi connectivity index (χ4n) is 8.29. The number of fused-ring (bicyclic) bond motifs is 9. The first-order valence-corrected chi connectivity index (χ1v) is 17.9. The fraction of sp³-hybridized carbons (Fsp3) is 0. The second-order valence-corrected chi connectivity index (χ2v) is 14.2. The van der Waals surface area contributed by atoms with Gasteiger partial charge in [-0.3, -0.25) is 0 Å². The molecule has 0 aliphatic rings. The minimum atomic E-state index is 0.918. The molecule has 0 bridgehead atoms. The van der Waals surface area contributed by atoms with Crippen molar-refractivity contribution < 1.29 is 4.42 Å². The van der Waals surface area contributed by atoms with Gasteiger partial charge in [0.25, 0.3) is 0 Å². The van der Waals surface area contributed by atoms with E-state index in [-0.39, 0.29) is 0 Å². The fourth-order valence-corrected chi connectivity index (χ4v) is 9.52. The van der Waals surface area contributed by atoms with Gasteiger partial charge in [-0.2, -0.15) is 0 Å². The molecule has 0 aliphatic heterocycles. The van der Waals surface area contributed by atoms with Gasteiger partial charge in [-0.05, 0) is 78.8 Å². The summed E-state index contributed by atoms with van der Waals surface area (Å²) in [5.41, 5.74) is 9.21. The Kier molecular flexibility index (Phi) is 5.89. The van der Waals surface area contributed by atoms with Gasteiger partial charge in [-0.1, -0.05) is 146 Å². The molecule has 0 radical (unpaired) electrons. The molecule has 1 nitrogen and oxygen atoms in total. The highest BCUT2D eigenvalue weighted by molar-refractivity contribution is 7.26. The predicted octanol–water partition coefficient (Wildman–Crippen LogP) is 14.4. The minimum absolute atomic E-state index is 0.918. The third-order valence-electron chi connectivity index (χ3n) is 10.4. The number of benzene rings is 9. The Labute approximate surface area is 292 Å². The van der Waals surface area contributed by atoms with E-state index in [2.05, 4.69) is 170 Å². The quantitative estimate of drug-likeness (QED) is 0.173. The molecule has 0 fully saturated rings. The summed E-state index contributed by atoms with van der Waals surface area (Å²) in [5, 5.41) is 12.3. The van der Waals surface area contributed by atoms with Crippen LogP contribution in [0.1, 0.15) is 0 Å². The Bertz CT molecular complexity index is 3010. The Balaban J connectivity index is 1.28. The Hall–Kier alpha value is -6.22. The van der Waals surface area contributed by atoms with Gasteiger partial charge in [0, 0.05) is 42.1 Å². The van der Waals surface area contributed by atoms with Gasteiger partial charge in [0.1, 0.15) is 11.2 Å². The SMILES string of the molecule is c1cc(-c2cccc3ccccc23)cc(-c2c3ccccc3c(-c3c4oc5ccccc5c4cc4c3sc3ccccc34)c3ccccc23)c1. The molecule has 2 aromatic heterocycles. The molecule has 232 valence electrons. The Morgan fingerprint density at radius 2 is 0.940 bits per heavy atom. The number of hydrogen-bond acceptors (Lipinski definition) is 2. The Morgan fingerprint density at radius 1 is 0.360 bits per heavy atom. The maximum Gasteiger partial charge on any atom is 0.144 e. The number of para-hydroxylation sites is 1. The predicted molar refractivity (Wildman–Crippen MR) is 215 cm³/mol. The van der Waals surface area contributed by atoms with E-state index in [1.54, 1.807) is 0 Å². The molecule has 0 spiro atoms. The van der Waals surface area contributed by atoms with E-state index in [0.717, 1.165) is 21.9 Å². The van der Waals surface area contributed by atoms with Gasteiger partial charge >= 0.3 is 0 Å². The van der Waals surface area contributed by atoms with Crippen molar-refractivity contribution in [2.75, 3.05) is 0 Å². The van der Waals surface area contributed by atoms with E-state index in [1.807, 2.05) is 11.3 Å². The van der Waals surface area contributed by atoms with Crippen LogP contribution in [-0.4, -0.2) is 0 Å². The summed E-state index contributed by atoms with van der Waals surface area (Å²) in [7, 11) is 0. The van der Waals surface area contributed by atoms with Crippen LogP contribution in [0.15, 0.2) is 174 Å². The van der Waals surface area contributed by atoms with E-state index in [1.165, 1.54) is 85.9 Å². The van der Waals surface area contributed by atoms with Crippen LogP contribution in [0.3, 0.4) is 0 Å². The van der Waals surface area contributed by atoms with Crippen LogP contribution in [0.2, 0.25) is 0 Å². The third kappa shape index (κ3) is 3.94. The average Bonchev–Trinajstić information content (AvgIpc) is 3.74. The lowest BCUT2D eigenvalue weighted by molar-refractivity contribution is 0.670. The summed E-state index contributed by atoms with van der Waals surface area (Å²) in [5.74, 6) is 0. The standard InChI is InChI=1S/C48H28OS/c1-2-17-32-29(13-1)14-12-24-33(32)30-15-11-16-31(27-30)44-36-20-3-5-22-38(36)45(39-23-6-4-21-37(39)44)46-47-40(34-18-7-9-25-42(34)49-47)28-41-35-19-8-10-26-43(35)50-48(41)46/h1-28H. The van der Waals surface area contributed by atoms with Crippen LogP contribution in [-0.2, 0) is 0 Å². The molecule has 0 N–H and O–H groups in total. The molecule has 0 aliphatic carbocycles. The van der Waals surface area contributed by atoms with Gasteiger partial charge < -0.3 is 4.42 Å². The van der Waals surface area contributed by atoms with Gasteiger partial charge in [0.05, 0.1) is 0 Å². The molecule has 9 aromatic carbocycles. The van der Waals surface area contributed by atoms with Crippen LogP contribution >= 0.6 is 11.3 Å². The van der Waals surface area contributed by atoms with Crippen molar-refractivity contribution in [3.63, 3.8) is 0 Å². The molecule has 2 heteroatoms. The van der Waals surface area contributed by atoms with Crippen LogP contribution in [0.4, 0.5) is 0 Å². The molecule has 0 saturated carbocycles. The highest BCUT2D eigenvalue weighted by Crippen LogP contribution is 2.52. The second kappa shape index (κ2) is 10.6. The highest BCUT2D eigenvalue weighted by Gasteiger charge is 2.24. The van der Waals surface area contributed by atoms with Crippen molar-refractivity contribution in [1.29, 1.82) is 0 Å². The summed E-state index contributed by atoms with van der Waals surface area (Å²) in [6.45, 7) is 0. The molecule has 0 unspecified atom stereocenters. The smallest absolute Gasteiger partial charge is 0.144 e. The van der Waals surface area contributed by atoms with Crippen molar-refractivity contribution >= 4 is 85.8 Å². The zero-order valence-corrected chi connectivity index (χ0v) is 27.8. The zero-order chi connectivity index (χ0) is 32.8. The minimum Gasteiger partial charge on any atom is -0.455 e. The van der Waals surface area contributed by atoms with E-state index in [4.69, 9.17) is 4.42 Å². The zero-order valence-electron chi connectivity index (χ0n) is 27.0. The molecule has 0 atom stereocenters. The lowest BCUT2D eigenvalue weighted by Crippen LogP contribution is -1.92. The molecule has 11 rings (SSSR count). The van der Waals surface area contributed by atoms with E-state index < -0.39 is 0 Å². The third-order valence-corrected chi connectivity index (χ3v) is 11.6. The van der Waals surface area contributed by atoms with E-state index in [0.29, 0.717) is 0 Å². The summed E-state index contributed by atoms with van der Waals surface area (Å²) >= 11 is 1.87. The summed E-state index contributed by atoms with van der Waals surface area (Å²) in [6.07, 6.45) is 0. The first-order valence-electron chi connectivity index (χ1n) is 17.1. The van der Waals surface area contributed by atoms with E-state index in [9.17, 15) is 0 Å². The van der Waals surface area contributed by atoms with Crippen molar-refractivity contribution in [2.45, 2.75) is 0 Å².